The lowest BCUT2D eigenvalue weighted by molar-refractivity contribution is -0.274. The number of hydrogen-bond donors (Lipinski definition) is 1. The molecule has 0 aliphatic carbocycles. The maximum absolute atomic E-state index is 13.1. The molecule has 0 aliphatic heterocycles. The number of ether oxygens (including phenoxy) is 1. The molecule has 2 aromatic carbocycles. The zero-order valence-electron chi connectivity index (χ0n) is 19.0. The van der Waals surface area contributed by atoms with Gasteiger partial charge in [-0.05, 0) is 41.1 Å². The van der Waals surface area contributed by atoms with Gasteiger partial charge < -0.3 is 10.1 Å². The van der Waals surface area contributed by atoms with E-state index < -0.39 is 18.0 Å². The summed E-state index contributed by atoms with van der Waals surface area (Å²) >= 11 is 1.52. The predicted molar refractivity (Wildman–Crippen MR) is 127 cm³/mol. The Morgan fingerprint density at radius 3 is 2.63 bits per heavy atom. The number of rotatable bonds is 8. The highest BCUT2D eigenvalue weighted by Gasteiger charge is 2.31. The number of hydrogen-bond acceptors (Lipinski definition) is 5. The van der Waals surface area contributed by atoms with Gasteiger partial charge in [-0.15, -0.1) is 29.6 Å². The number of carbonyl (C=O) groups excluding carboxylic acids is 1. The molecule has 2 heterocycles. The topological polar surface area (TPSA) is 78.2 Å². The van der Waals surface area contributed by atoms with Crippen molar-refractivity contribution in [3.05, 3.63) is 70.6 Å². The van der Waals surface area contributed by atoms with Crippen molar-refractivity contribution in [1.29, 1.82) is 0 Å². The third-order valence-electron chi connectivity index (χ3n) is 5.03. The summed E-state index contributed by atoms with van der Waals surface area (Å²) in [7, 11) is 0. The van der Waals surface area contributed by atoms with E-state index in [0.29, 0.717) is 17.9 Å². The molecule has 1 N–H and O–H groups in total. The first-order chi connectivity index (χ1) is 16.6. The van der Waals surface area contributed by atoms with E-state index in [1.54, 1.807) is 10.6 Å². The van der Waals surface area contributed by atoms with E-state index in [-0.39, 0.29) is 24.8 Å². The molecule has 0 saturated carbocycles. The van der Waals surface area contributed by atoms with Gasteiger partial charge >= 0.3 is 12.1 Å². The molecular formula is C24H23F3N4O3S. The molecule has 4 rings (SSSR count). The van der Waals surface area contributed by atoms with Crippen molar-refractivity contribution in [3.63, 3.8) is 0 Å². The van der Waals surface area contributed by atoms with E-state index in [1.165, 1.54) is 29.5 Å². The van der Waals surface area contributed by atoms with Gasteiger partial charge in [-0.25, -0.2) is 9.48 Å². The summed E-state index contributed by atoms with van der Waals surface area (Å²) in [6.45, 7) is 4.07. The summed E-state index contributed by atoms with van der Waals surface area (Å²) in [5.74, 6) is -0.194. The minimum atomic E-state index is -4.80. The molecule has 0 bridgehead atoms. The van der Waals surface area contributed by atoms with Crippen molar-refractivity contribution >= 4 is 27.3 Å². The van der Waals surface area contributed by atoms with Crippen molar-refractivity contribution < 1.29 is 22.7 Å². The van der Waals surface area contributed by atoms with Crippen LogP contribution in [0.5, 0.6) is 5.75 Å². The number of alkyl halides is 3. The Morgan fingerprint density at radius 1 is 1.14 bits per heavy atom. The van der Waals surface area contributed by atoms with Gasteiger partial charge in [0.05, 0.1) is 4.88 Å². The second kappa shape index (κ2) is 9.95. The van der Waals surface area contributed by atoms with Crippen molar-refractivity contribution in [3.8, 4) is 16.5 Å². The van der Waals surface area contributed by atoms with Gasteiger partial charge in [-0.3, -0.25) is 9.36 Å². The third-order valence-corrected chi connectivity index (χ3v) is 6.14. The quantitative estimate of drug-likeness (QED) is 0.374. The van der Waals surface area contributed by atoms with Crippen molar-refractivity contribution in [2.75, 3.05) is 0 Å². The molecular weight excluding hydrogens is 481 g/mol. The molecule has 0 aliphatic rings. The van der Waals surface area contributed by atoms with Gasteiger partial charge in [-0.2, -0.15) is 0 Å². The monoisotopic (exact) mass is 504 g/mol. The summed E-state index contributed by atoms with van der Waals surface area (Å²) in [5, 5.41) is 8.10. The molecule has 0 unspecified atom stereocenters. The molecule has 1 amide bonds. The molecule has 7 nitrogen and oxygen atoms in total. The molecule has 0 spiro atoms. The van der Waals surface area contributed by atoms with Crippen LogP contribution >= 0.6 is 11.3 Å². The fraction of sp³-hybridized carbons (Fsp3) is 0.292. The highest BCUT2D eigenvalue weighted by molar-refractivity contribution is 7.22. The summed E-state index contributed by atoms with van der Waals surface area (Å²) < 4.78 is 44.9. The van der Waals surface area contributed by atoms with Crippen molar-refractivity contribution in [2.24, 2.45) is 5.92 Å². The maximum Gasteiger partial charge on any atom is 0.573 e. The van der Waals surface area contributed by atoms with Gasteiger partial charge in [0, 0.05) is 17.8 Å². The zero-order chi connectivity index (χ0) is 25.2. The minimum Gasteiger partial charge on any atom is -0.406 e. The van der Waals surface area contributed by atoms with Crippen LogP contribution < -0.4 is 15.7 Å². The Morgan fingerprint density at radius 2 is 1.91 bits per heavy atom. The molecule has 0 atom stereocenters. The lowest BCUT2D eigenvalue weighted by atomic mass is 10.2. The molecule has 4 aromatic rings. The highest BCUT2D eigenvalue weighted by atomic mass is 32.1. The Balaban J connectivity index is 1.51. The fourth-order valence-corrected chi connectivity index (χ4v) is 4.65. The van der Waals surface area contributed by atoms with Crippen LogP contribution in [0.25, 0.3) is 20.8 Å². The molecule has 35 heavy (non-hydrogen) atoms. The van der Waals surface area contributed by atoms with Crippen LogP contribution in [0.4, 0.5) is 13.2 Å². The maximum atomic E-state index is 13.1. The van der Waals surface area contributed by atoms with Crippen LogP contribution in [0, 0.1) is 5.92 Å². The first-order valence-electron chi connectivity index (χ1n) is 10.9. The standard InChI is InChI=1S/C24H23F3N4O3S/c1-15(2)13-30-22(20-11-17-7-3-4-9-19(17)35-20)29-31(23(30)33)14-21(32)28-12-16-6-5-8-18(10-16)34-24(25,26)27/h3-11,15H,12-14H2,1-2H3,(H,28,32). The van der Waals surface area contributed by atoms with Gasteiger partial charge in [0.1, 0.15) is 12.3 Å². The van der Waals surface area contributed by atoms with E-state index >= 15 is 0 Å². The number of fused-ring (bicyclic) bond motifs is 1. The average molecular weight is 505 g/mol. The van der Waals surface area contributed by atoms with Gasteiger partial charge in [0.15, 0.2) is 5.82 Å². The normalized spacial score (nSPS) is 11.8. The number of carbonyl (C=O) groups is 1. The summed E-state index contributed by atoms with van der Waals surface area (Å²) in [6.07, 6.45) is -4.80. The van der Waals surface area contributed by atoms with Crippen LogP contribution in [0.15, 0.2) is 59.4 Å². The Kier molecular flexibility index (Phi) is 6.97. The summed E-state index contributed by atoms with van der Waals surface area (Å²) in [5.41, 5.74) is 0.0191. The summed E-state index contributed by atoms with van der Waals surface area (Å²) in [4.78, 5) is 26.4. The van der Waals surface area contributed by atoms with E-state index in [4.69, 9.17) is 0 Å². The Labute approximate surface area is 202 Å². The van der Waals surface area contributed by atoms with Gasteiger partial charge in [0.2, 0.25) is 5.91 Å². The second-order valence-electron chi connectivity index (χ2n) is 8.39. The average Bonchev–Trinajstić information content (AvgIpc) is 3.33. The van der Waals surface area contributed by atoms with Crippen LogP contribution in [-0.4, -0.2) is 26.6 Å². The molecule has 0 radical (unpaired) electrons. The number of nitrogens with zero attached hydrogens (tertiary/aromatic N) is 3. The third kappa shape index (κ3) is 6.10. The lowest BCUT2D eigenvalue weighted by Crippen LogP contribution is -2.34. The molecule has 184 valence electrons. The van der Waals surface area contributed by atoms with Crippen molar-refractivity contribution in [2.45, 2.75) is 39.8 Å². The van der Waals surface area contributed by atoms with Crippen LogP contribution in [0.1, 0.15) is 19.4 Å². The minimum absolute atomic E-state index is 0.0293. The first-order valence-corrected chi connectivity index (χ1v) is 11.7. The SMILES string of the molecule is CC(C)Cn1c(-c2cc3ccccc3s2)nn(CC(=O)NCc2cccc(OC(F)(F)F)c2)c1=O. The highest BCUT2D eigenvalue weighted by Crippen LogP contribution is 2.32. The van der Waals surface area contributed by atoms with Crippen LogP contribution in [-0.2, 0) is 24.4 Å². The predicted octanol–water partition coefficient (Wildman–Crippen LogP) is 4.80. The van der Waals surface area contributed by atoms with Crippen LogP contribution in [0.3, 0.4) is 0 Å². The van der Waals surface area contributed by atoms with E-state index in [1.807, 2.05) is 44.2 Å². The molecule has 0 saturated heterocycles. The van der Waals surface area contributed by atoms with E-state index in [0.717, 1.165) is 19.6 Å². The van der Waals surface area contributed by atoms with E-state index in [9.17, 15) is 22.8 Å². The number of thiophene rings is 1. The number of nitrogens with one attached hydrogen (secondary N) is 1. The number of aromatic nitrogens is 3. The Hall–Kier alpha value is -3.60. The number of halogens is 3. The first kappa shape index (κ1) is 24.5. The lowest BCUT2D eigenvalue weighted by Gasteiger charge is -2.10. The molecule has 0 fully saturated rings. The van der Waals surface area contributed by atoms with Gasteiger partial charge in [-0.1, -0.05) is 44.2 Å². The number of benzene rings is 2. The fourth-order valence-electron chi connectivity index (χ4n) is 3.59. The molecule has 11 heteroatoms. The Bertz CT molecular complexity index is 1370. The summed E-state index contributed by atoms with van der Waals surface area (Å²) in [6, 6.07) is 15.2. The van der Waals surface area contributed by atoms with E-state index in [2.05, 4.69) is 15.2 Å². The van der Waals surface area contributed by atoms with Crippen LogP contribution in [0.2, 0.25) is 0 Å². The smallest absolute Gasteiger partial charge is 0.406 e. The largest absolute Gasteiger partial charge is 0.573 e. The second-order valence-corrected chi connectivity index (χ2v) is 9.47. The molecule has 2 aromatic heterocycles. The zero-order valence-corrected chi connectivity index (χ0v) is 19.8. The number of amides is 1. The van der Waals surface area contributed by atoms with Gasteiger partial charge in [0.25, 0.3) is 0 Å². The van der Waals surface area contributed by atoms with Crippen molar-refractivity contribution in [1.82, 2.24) is 19.7 Å².